The first-order valence-electron chi connectivity index (χ1n) is 12.8. The van der Waals surface area contributed by atoms with Crippen molar-refractivity contribution in [1.29, 1.82) is 0 Å². The van der Waals surface area contributed by atoms with Crippen molar-refractivity contribution in [3.63, 3.8) is 0 Å². The molecule has 0 unspecified atom stereocenters. The fraction of sp³-hybridized carbons (Fsp3) is 0.156. The Hall–Kier alpha value is -3.55. The molecular formula is C32H22Br2N2O3. The smallest absolute Gasteiger partial charge is 0.254 e. The van der Waals surface area contributed by atoms with Gasteiger partial charge in [0.2, 0.25) is 0 Å². The molecule has 1 saturated heterocycles. The average Bonchev–Trinajstić information content (AvgIpc) is 3.21. The summed E-state index contributed by atoms with van der Waals surface area (Å²) in [5, 5.41) is 5.57. The van der Waals surface area contributed by atoms with Crippen molar-refractivity contribution in [3.05, 3.63) is 133 Å². The van der Waals surface area contributed by atoms with Gasteiger partial charge >= 0.3 is 0 Å². The second-order valence-corrected chi connectivity index (χ2v) is 11.8. The fourth-order valence-electron chi connectivity index (χ4n) is 6.45. The molecule has 3 aliphatic carbocycles. The van der Waals surface area contributed by atoms with Crippen LogP contribution in [0.3, 0.4) is 0 Å². The quantitative estimate of drug-likeness (QED) is 0.174. The zero-order valence-electron chi connectivity index (χ0n) is 20.6. The Balaban J connectivity index is 1.24. The molecule has 0 radical (unpaired) electrons. The molecule has 1 fully saturated rings. The highest BCUT2D eigenvalue weighted by molar-refractivity contribution is 9.11. The van der Waals surface area contributed by atoms with E-state index < -0.39 is 11.8 Å². The SMILES string of the molecule is O=C1[C@@H]2C3c4ccccc4C(c4ccccc43)[C@H]2C(=O)N1/N=C\c1cc(Br)cc(Br)c1OCc1ccccc1. The molecule has 192 valence electrons. The van der Waals surface area contributed by atoms with Crippen LogP contribution in [-0.2, 0) is 16.2 Å². The molecule has 8 rings (SSSR count). The number of amides is 2. The van der Waals surface area contributed by atoms with E-state index in [-0.39, 0.29) is 23.7 Å². The van der Waals surface area contributed by atoms with Crippen LogP contribution >= 0.6 is 31.9 Å². The van der Waals surface area contributed by atoms with Crippen molar-refractivity contribution in [2.75, 3.05) is 0 Å². The summed E-state index contributed by atoms with van der Waals surface area (Å²) in [5.41, 5.74) is 6.24. The van der Waals surface area contributed by atoms with E-state index in [2.05, 4.69) is 61.2 Å². The van der Waals surface area contributed by atoms with Crippen molar-refractivity contribution < 1.29 is 14.3 Å². The number of carbonyl (C=O) groups excluding carboxylic acids is 2. The monoisotopic (exact) mass is 640 g/mol. The molecule has 2 bridgehead atoms. The average molecular weight is 642 g/mol. The minimum Gasteiger partial charge on any atom is -0.487 e. The number of carbonyl (C=O) groups is 2. The first-order chi connectivity index (χ1) is 19.0. The normalized spacial score (nSPS) is 22.7. The lowest BCUT2D eigenvalue weighted by atomic mass is 9.55. The van der Waals surface area contributed by atoms with Gasteiger partial charge in [-0.15, -0.1) is 0 Å². The summed E-state index contributed by atoms with van der Waals surface area (Å²) in [7, 11) is 0. The molecule has 4 aliphatic rings. The van der Waals surface area contributed by atoms with Gasteiger partial charge in [-0.2, -0.15) is 10.1 Å². The van der Waals surface area contributed by atoms with E-state index in [1.165, 1.54) is 0 Å². The van der Waals surface area contributed by atoms with Crippen molar-refractivity contribution in [1.82, 2.24) is 5.01 Å². The number of imide groups is 1. The first-order valence-corrected chi connectivity index (χ1v) is 14.4. The summed E-state index contributed by atoms with van der Waals surface area (Å²) in [5.74, 6) is -1.16. The molecule has 1 aliphatic heterocycles. The number of halogens is 2. The predicted molar refractivity (Wildman–Crippen MR) is 156 cm³/mol. The third-order valence-electron chi connectivity index (χ3n) is 8.00. The van der Waals surface area contributed by atoms with Gasteiger partial charge in [-0.1, -0.05) is 94.8 Å². The van der Waals surface area contributed by atoms with E-state index >= 15 is 0 Å². The number of hydrazone groups is 1. The maximum atomic E-state index is 13.9. The van der Waals surface area contributed by atoms with E-state index in [9.17, 15) is 9.59 Å². The largest absolute Gasteiger partial charge is 0.487 e. The summed E-state index contributed by atoms with van der Waals surface area (Å²) in [6, 6.07) is 30.1. The summed E-state index contributed by atoms with van der Waals surface area (Å²) >= 11 is 7.12. The molecule has 2 atom stereocenters. The molecule has 0 aromatic heterocycles. The Bertz CT molecular complexity index is 1550. The minimum absolute atomic E-state index is 0.158. The van der Waals surface area contributed by atoms with Crippen LogP contribution in [-0.4, -0.2) is 23.0 Å². The van der Waals surface area contributed by atoms with Gasteiger partial charge in [-0.25, -0.2) is 0 Å². The van der Waals surface area contributed by atoms with Crippen LogP contribution in [0.2, 0.25) is 0 Å². The number of rotatable bonds is 5. The Morgan fingerprint density at radius 1 is 0.744 bits per heavy atom. The van der Waals surface area contributed by atoms with Crippen LogP contribution in [0.4, 0.5) is 0 Å². The summed E-state index contributed by atoms with van der Waals surface area (Å²) in [6.07, 6.45) is 1.55. The van der Waals surface area contributed by atoms with Gasteiger partial charge in [-0.3, -0.25) is 9.59 Å². The lowest BCUT2D eigenvalue weighted by molar-refractivity contribution is -0.139. The van der Waals surface area contributed by atoms with Crippen LogP contribution in [0, 0.1) is 11.8 Å². The molecular weight excluding hydrogens is 620 g/mol. The summed E-state index contributed by atoms with van der Waals surface area (Å²) in [6.45, 7) is 0.369. The van der Waals surface area contributed by atoms with Crippen molar-refractivity contribution in [2.24, 2.45) is 16.9 Å². The fourth-order valence-corrected chi connectivity index (χ4v) is 7.83. The van der Waals surface area contributed by atoms with E-state index in [0.29, 0.717) is 17.9 Å². The van der Waals surface area contributed by atoms with E-state index in [1.807, 2.05) is 66.7 Å². The van der Waals surface area contributed by atoms with Gasteiger partial charge in [0.15, 0.2) is 0 Å². The summed E-state index contributed by atoms with van der Waals surface area (Å²) in [4.78, 5) is 27.7. The Morgan fingerprint density at radius 2 is 1.26 bits per heavy atom. The highest BCUT2D eigenvalue weighted by atomic mass is 79.9. The van der Waals surface area contributed by atoms with Crippen molar-refractivity contribution in [2.45, 2.75) is 18.4 Å². The lowest BCUT2D eigenvalue weighted by Gasteiger charge is -2.45. The molecule has 2 amide bonds. The molecule has 7 heteroatoms. The van der Waals surface area contributed by atoms with Gasteiger partial charge in [0.05, 0.1) is 22.5 Å². The summed E-state index contributed by atoms with van der Waals surface area (Å²) < 4.78 is 7.71. The van der Waals surface area contributed by atoms with Gasteiger partial charge in [0.1, 0.15) is 12.4 Å². The molecule has 1 heterocycles. The van der Waals surface area contributed by atoms with Gasteiger partial charge < -0.3 is 4.74 Å². The molecule has 0 spiro atoms. The van der Waals surface area contributed by atoms with Crippen LogP contribution in [0.5, 0.6) is 5.75 Å². The zero-order chi connectivity index (χ0) is 26.7. The third-order valence-corrected chi connectivity index (χ3v) is 9.05. The molecule has 0 saturated carbocycles. The standard InChI is InChI=1S/C32H22Br2N2O3/c33-20-14-19(30(25(34)15-20)39-17-18-8-2-1-3-9-18)16-35-36-31(37)28-26-21-10-4-5-11-22(21)27(29(28)32(36)38)24-13-7-6-12-23(24)26/h1-16,26-29H,17H2/b35-16-/t26?,27?,28-,29-/m1/s1. The lowest BCUT2D eigenvalue weighted by Crippen LogP contribution is -2.41. The second kappa shape index (κ2) is 9.57. The number of benzene rings is 4. The number of nitrogens with zero attached hydrogens (tertiary/aromatic N) is 2. The van der Waals surface area contributed by atoms with Gasteiger partial charge in [0.25, 0.3) is 11.8 Å². The van der Waals surface area contributed by atoms with Crippen molar-refractivity contribution in [3.8, 4) is 5.75 Å². The Morgan fingerprint density at radius 3 is 1.79 bits per heavy atom. The third kappa shape index (κ3) is 3.90. The number of hydrogen-bond acceptors (Lipinski definition) is 4. The molecule has 4 aromatic carbocycles. The molecule has 39 heavy (non-hydrogen) atoms. The van der Waals surface area contributed by atoms with Gasteiger partial charge in [-0.05, 0) is 55.9 Å². The molecule has 4 aromatic rings. The Kier molecular flexibility index (Phi) is 6.01. The van der Waals surface area contributed by atoms with Gasteiger partial charge in [0, 0.05) is 21.9 Å². The van der Waals surface area contributed by atoms with Crippen LogP contribution in [0.1, 0.15) is 45.2 Å². The van der Waals surface area contributed by atoms with E-state index in [1.54, 1.807) is 6.21 Å². The topological polar surface area (TPSA) is 59.0 Å². The number of ether oxygens (including phenoxy) is 1. The molecule has 0 N–H and O–H groups in total. The highest BCUT2D eigenvalue weighted by Gasteiger charge is 2.61. The second-order valence-electron chi connectivity index (χ2n) is 10.1. The maximum Gasteiger partial charge on any atom is 0.254 e. The van der Waals surface area contributed by atoms with E-state index in [4.69, 9.17) is 4.74 Å². The van der Waals surface area contributed by atoms with Crippen LogP contribution in [0.15, 0.2) is 105 Å². The van der Waals surface area contributed by atoms with Crippen molar-refractivity contribution >= 4 is 49.9 Å². The first kappa shape index (κ1) is 24.5. The van der Waals surface area contributed by atoms with E-state index in [0.717, 1.165) is 41.8 Å². The zero-order valence-corrected chi connectivity index (χ0v) is 23.8. The predicted octanol–water partition coefficient (Wildman–Crippen LogP) is 7.02. The van der Waals surface area contributed by atoms with Crippen LogP contribution in [0.25, 0.3) is 0 Å². The number of hydrogen-bond donors (Lipinski definition) is 0. The van der Waals surface area contributed by atoms with Crippen LogP contribution < -0.4 is 4.74 Å². The highest BCUT2D eigenvalue weighted by Crippen LogP contribution is 2.61. The maximum absolute atomic E-state index is 13.9. The minimum atomic E-state index is -0.465. The molecule has 5 nitrogen and oxygen atoms in total. The Labute approximate surface area is 242 Å².